The van der Waals surface area contributed by atoms with Gasteiger partial charge in [0.2, 0.25) is 0 Å². The number of carbonyl (C=O) groups is 2. The minimum Gasteiger partial charge on any atom is -0.449 e. The van der Waals surface area contributed by atoms with Crippen LogP contribution < -0.4 is 5.32 Å². The Labute approximate surface area is 186 Å². The van der Waals surface area contributed by atoms with E-state index in [4.69, 9.17) is 21.1 Å². The lowest BCUT2D eigenvalue weighted by Gasteiger charge is -2.24. The van der Waals surface area contributed by atoms with E-state index in [1.807, 2.05) is 26.8 Å². The highest BCUT2D eigenvalue weighted by molar-refractivity contribution is 6.31. The van der Waals surface area contributed by atoms with E-state index in [0.717, 1.165) is 6.42 Å². The molecule has 166 valence electrons. The second-order valence-electron chi connectivity index (χ2n) is 8.48. The van der Waals surface area contributed by atoms with Crippen LogP contribution in [0.5, 0.6) is 0 Å². The Morgan fingerprint density at radius 3 is 2.68 bits per heavy atom. The lowest BCUT2D eigenvalue weighted by molar-refractivity contribution is 0.0283. The van der Waals surface area contributed by atoms with Crippen LogP contribution >= 0.6 is 11.6 Å². The molecule has 1 unspecified atom stereocenters. The number of halogens is 2. The number of amides is 2. The molecule has 2 aromatic carbocycles. The average Bonchev–Trinajstić information content (AvgIpc) is 3.17. The van der Waals surface area contributed by atoms with Crippen LogP contribution in [0.2, 0.25) is 5.02 Å². The average molecular weight is 449 g/mol. The maximum absolute atomic E-state index is 13.5. The van der Waals surface area contributed by atoms with Crippen LogP contribution in [0.4, 0.5) is 19.7 Å². The van der Waals surface area contributed by atoms with Crippen molar-refractivity contribution in [1.82, 2.24) is 4.90 Å². The molecule has 1 fully saturated rings. The molecule has 31 heavy (non-hydrogen) atoms. The van der Waals surface area contributed by atoms with E-state index in [-0.39, 0.29) is 23.6 Å². The fraction of sp³-hybridized carbons (Fsp3) is 0.391. The molecule has 1 aliphatic rings. The summed E-state index contributed by atoms with van der Waals surface area (Å²) in [4.78, 5) is 26.1. The van der Waals surface area contributed by atoms with Gasteiger partial charge in [-0.15, -0.1) is 0 Å². The second kappa shape index (κ2) is 9.56. The summed E-state index contributed by atoms with van der Waals surface area (Å²) in [5, 5.41) is 2.73. The zero-order valence-corrected chi connectivity index (χ0v) is 18.5. The quantitative estimate of drug-likeness (QED) is 0.627. The van der Waals surface area contributed by atoms with Gasteiger partial charge in [0.1, 0.15) is 11.4 Å². The summed E-state index contributed by atoms with van der Waals surface area (Å²) in [6.07, 6.45) is -0.222. The van der Waals surface area contributed by atoms with Gasteiger partial charge in [-0.1, -0.05) is 35.9 Å². The third-order valence-corrected chi connectivity index (χ3v) is 5.07. The zero-order valence-electron chi connectivity index (χ0n) is 17.8. The van der Waals surface area contributed by atoms with Crippen LogP contribution in [-0.4, -0.2) is 42.4 Å². The fourth-order valence-electron chi connectivity index (χ4n) is 3.31. The number of nitrogens with zero attached hydrogens (tertiary/aromatic N) is 1. The number of para-hydroxylation sites is 1. The molecule has 6 nitrogen and oxygen atoms in total. The number of hydrogen-bond donors (Lipinski definition) is 1. The van der Waals surface area contributed by atoms with Crippen LogP contribution in [0, 0.1) is 11.7 Å². The van der Waals surface area contributed by atoms with Crippen molar-refractivity contribution in [2.45, 2.75) is 32.8 Å². The molecule has 0 spiro atoms. The molecule has 0 bridgehead atoms. The smallest absolute Gasteiger partial charge is 0.411 e. The van der Waals surface area contributed by atoms with Crippen molar-refractivity contribution in [2.75, 3.05) is 25.0 Å². The van der Waals surface area contributed by atoms with Crippen LogP contribution in [0.3, 0.4) is 0 Å². The Bertz CT molecular complexity index is 961. The topological polar surface area (TPSA) is 67.9 Å². The molecule has 0 radical (unpaired) electrons. The van der Waals surface area contributed by atoms with E-state index < -0.39 is 17.5 Å². The minimum atomic E-state index is -0.601. The second-order valence-corrected chi connectivity index (χ2v) is 8.89. The first-order chi connectivity index (χ1) is 14.6. The Morgan fingerprint density at radius 1 is 1.23 bits per heavy atom. The Balaban J connectivity index is 1.55. The van der Waals surface area contributed by atoms with E-state index in [1.54, 1.807) is 29.2 Å². The normalized spacial score (nSPS) is 16.2. The SMILES string of the molecule is CC(C)(C)OC(=O)N1CCC(COC(=O)Nc2ccccc2-c2ccc(F)c(Cl)c2)C1. The van der Waals surface area contributed by atoms with Crippen LogP contribution in [-0.2, 0) is 9.47 Å². The Morgan fingerprint density at radius 2 is 1.97 bits per heavy atom. The molecule has 1 atom stereocenters. The summed E-state index contributed by atoms with van der Waals surface area (Å²) >= 11 is 5.89. The molecule has 1 saturated heterocycles. The largest absolute Gasteiger partial charge is 0.449 e. The van der Waals surface area contributed by atoms with Crippen molar-refractivity contribution in [3.05, 3.63) is 53.3 Å². The molecule has 1 heterocycles. The van der Waals surface area contributed by atoms with Gasteiger partial charge >= 0.3 is 12.2 Å². The number of rotatable bonds is 4. The maximum Gasteiger partial charge on any atom is 0.411 e. The van der Waals surface area contributed by atoms with E-state index >= 15 is 0 Å². The number of hydrogen-bond acceptors (Lipinski definition) is 4. The van der Waals surface area contributed by atoms with E-state index in [2.05, 4.69) is 5.32 Å². The van der Waals surface area contributed by atoms with Gasteiger partial charge in [-0.05, 0) is 51.0 Å². The van der Waals surface area contributed by atoms with Gasteiger partial charge in [0.15, 0.2) is 0 Å². The van der Waals surface area contributed by atoms with Crippen molar-refractivity contribution >= 4 is 29.5 Å². The third-order valence-electron chi connectivity index (χ3n) is 4.78. The highest BCUT2D eigenvalue weighted by atomic mass is 35.5. The molecule has 1 N–H and O–H groups in total. The molecule has 3 rings (SSSR count). The number of benzene rings is 2. The first-order valence-corrected chi connectivity index (χ1v) is 10.5. The van der Waals surface area contributed by atoms with Gasteiger partial charge in [-0.2, -0.15) is 0 Å². The molecular weight excluding hydrogens is 423 g/mol. The molecule has 0 saturated carbocycles. The number of anilines is 1. The molecule has 2 amide bonds. The molecule has 2 aromatic rings. The third kappa shape index (κ3) is 6.34. The summed E-state index contributed by atoms with van der Waals surface area (Å²) in [5.74, 6) is -0.461. The summed E-state index contributed by atoms with van der Waals surface area (Å²) in [5.41, 5.74) is 1.34. The predicted octanol–water partition coefficient (Wildman–Crippen LogP) is 5.95. The number of carbonyl (C=O) groups excluding carboxylic acids is 2. The van der Waals surface area contributed by atoms with Gasteiger partial charge in [-0.3, -0.25) is 5.32 Å². The monoisotopic (exact) mass is 448 g/mol. The van der Waals surface area contributed by atoms with Crippen molar-refractivity contribution in [3.63, 3.8) is 0 Å². The highest BCUT2D eigenvalue weighted by Crippen LogP contribution is 2.31. The number of likely N-dealkylation sites (tertiary alicyclic amines) is 1. The summed E-state index contributed by atoms with van der Waals surface area (Å²) in [6.45, 7) is 6.71. The van der Waals surface area contributed by atoms with Crippen LogP contribution in [0.25, 0.3) is 11.1 Å². The summed E-state index contributed by atoms with van der Waals surface area (Å²) < 4.78 is 24.2. The number of nitrogens with one attached hydrogen (secondary N) is 1. The predicted molar refractivity (Wildman–Crippen MR) is 118 cm³/mol. The first-order valence-electron chi connectivity index (χ1n) is 10.1. The summed E-state index contributed by atoms with van der Waals surface area (Å²) in [7, 11) is 0. The number of ether oxygens (including phenoxy) is 2. The maximum atomic E-state index is 13.5. The zero-order chi connectivity index (χ0) is 22.6. The molecular formula is C23H26ClFN2O4. The van der Waals surface area contributed by atoms with Crippen molar-refractivity contribution in [2.24, 2.45) is 5.92 Å². The van der Waals surface area contributed by atoms with Gasteiger partial charge in [-0.25, -0.2) is 14.0 Å². The Kier molecular flexibility index (Phi) is 7.05. The van der Waals surface area contributed by atoms with Gasteiger partial charge in [0.25, 0.3) is 0 Å². The molecule has 0 aliphatic carbocycles. The van der Waals surface area contributed by atoms with Gasteiger partial charge < -0.3 is 14.4 Å². The highest BCUT2D eigenvalue weighted by Gasteiger charge is 2.30. The minimum absolute atomic E-state index is 0.00524. The van der Waals surface area contributed by atoms with Crippen LogP contribution in [0.15, 0.2) is 42.5 Å². The lowest BCUT2D eigenvalue weighted by atomic mass is 10.0. The van der Waals surface area contributed by atoms with Crippen LogP contribution in [0.1, 0.15) is 27.2 Å². The van der Waals surface area contributed by atoms with Crippen molar-refractivity contribution in [3.8, 4) is 11.1 Å². The van der Waals surface area contributed by atoms with Gasteiger partial charge in [0.05, 0.1) is 17.3 Å². The van der Waals surface area contributed by atoms with Gasteiger partial charge in [0, 0.05) is 24.6 Å². The summed E-state index contributed by atoms with van der Waals surface area (Å²) in [6, 6.07) is 11.5. The Hall–Kier alpha value is -2.80. The lowest BCUT2D eigenvalue weighted by Crippen LogP contribution is -2.35. The first kappa shape index (κ1) is 22.9. The molecule has 8 heteroatoms. The fourth-order valence-corrected chi connectivity index (χ4v) is 3.49. The van der Waals surface area contributed by atoms with E-state index in [1.165, 1.54) is 12.1 Å². The standard InChI is InChI=1S/C23H26ClFN2O4/c1-23(2,3)31-22(29)27-11-10-15(13-27)14-30-21(28)26-20-7-5-4-6-17(20)16-8-9-19(25)18(24)12-16/h4-9,12,15H,10-11,13-14H2,1-3H3,(H,26,28). The van der Waals surface area contributed by atoms with E-state index in [9.17, 15) is 14.0 Å². The van der Waals surface area contributed by atoms with Crippen molar-refractivity contribution < 1.29 is 23.5 Å². The molecule has 0 aromatic heterocycles. The van der Waals surface area contributed by atoms with Crippen molar-refractivity contribution in [1.29, 1.82) is 0 Å². The van der Waals surface area contributed by atoms with E-state index in [0.29, 0.717) is 29.9 Å². The molecule has 1 aliphatic heterocycles.